The SMILES string of the molecule is CC(C)c1ccc(OCC(=O)OCC(=O)Nc2sccc2C#N)cc1. The standard InChI is InChI=1S/C18H18N2O4S/c1-12(2)13-3-5-15(6-4-13)23-11-17(22)24-10-16(21)20-18-14(9-19)7-8-25-18/h3-8,12H,10-11H2,1-2H3,(H,20,21). The molecule has 0 unspecified atom stereocenters. The monoisotopic (exact) mass is 358 g/mol. The van der Waals surface area contributed by atoms with E-state index in [0.717, 1.165) is 0 Å². The Balaban J connectivity index is 1.73. The Morgan fingerprint density at radius 2 is 1.92 bits per heavy atom. The lowest BCUT2D eigenvalue weighted by Crippen LogP contribution is -2.23. The number of hydrogen-bond acceptors (Lipinski definition) is 6. The smallest absolute Gasteiger partial charge is 0.344 e. The quantitative estimate of drug-likeness (QED) is 0.767. The summed E-state index contributed by atoms with van der Waals surface area (Å²) in [5.74, 6) is -0.172. The van der Waals surface area contributed by atoms with Crippen LogP contribution in [0.3, 0.4) is 0 Å². The Morgan fingerprint density at radius 3 is 2.56 bits per heavy atom. The van der Waals surface area contributed by atoms with Gasteiger partial charge in [0.05, 0.1) is 5.56 Å². The topological polar surface area (TPSA) is 88.4 Å². The van der Waals surface area contributed by atoms with E-state index in [1.807, 2.05) is 18.2 Å². The number of nitrogens with zero attached hydrogens (tertiary/aromatic N) is 1. The Bertz CT molecular complexity index is 775. The van der Waals surface area contributed by atoms with Crippen LogP contribution in [0.2, 0.25) is 0 Å². The normalized spacial score (nSPS) is 10.2. The molecule has 1 aromatic heterocycles. The van der Waals surface area contributed by atoms with E-state index in [9.17, 15) is 9.59 Å². The zero-order valence-corrected chi connectivity index (χ0v) is 14.8. The molecule has 0 atom stereocenters. The average Bonchev–Trinajstić information content (AvgIpc) is 3.05. The average molecular weight is 358 g/mol. The number of nitriles is 1. The molecule has 25 heavy (non-hydrogen) atoms. The zero-order chi connectivity index (χ0) is 18.2. The van der Waals surface area contributed by atoms with Gasteiger partial charge in [-0.1, -0.05) is 26.0 Å². The van der Waals surface area contributed by atoms with Crippen LogP contribution in [0.4, 0.5) is 5.00 Å². The van der Waals surface area contributed by atoms with E-state index in [4.69, 9.17) is 14.7 Å². The Hall–Kier alpha value is -2.85. The molecule has 7 heteroatoms. The molecule has 0 saturated carbocycles. The number of nitrogens with one attached hydrogen (secondary N) is 1. The number of ether oxygens (including phenoxy) is 2. The minimum atomic E-state index is -0.644. The first-order valence-electron chi connectivity index (χ1n) is 7.65. The number of amides is 1. The van der Waals surface area contributed by atoms with Crippen molar-refractivity contribution in [1.82, 2.24) is 0 Å². The third-order valence-corrected chi connectivity index (χ3v) is 4.14. The summed E-state index contributed by atoms with van der Waals surface area (Å²) in [4.78, 5) is 23.4. The minimum absolute atomic E-state index is 0.281. The molecule has 0 aliphatic carbocycles. The second kappa shape index (κ2) is 8.85. The van der Waals surface area contributed by atoms with Crippen LogP contribution in [-0.2, 0) is 14.3 Å². The van der Waals surface area contributed by atoms with Crippen molar-refractivity contribution in [3.05, 3.63) is 46.8 Å². The summed E-state index contributed by atoms with van der Waals surface area (Å²) in [5, 5.41) is 13.5. The molecule has 1 N–H and O–H groups in total. The predicted octanol–water partition coefficient (Wildman–Crippen LogP) is 3.30. The second-order valence-electron chi connectivity index (χ2n) is 5.50. The molecule has 0 aliphatic heterocycles. The lowest BCUT2D eigenvalue weighted by atomic mass is 10.0. The van der Waals surface area contributed by atoms with Gasteiger partial charge in [0.15, 0.2) is 13.2 Å². The molecule has 2 rings (SSSR count). The summed E-state index contributed by atoms with van der Waals surface area (Å²) in [6.45, 7) is 3.47. The summed E-state index contributed by atoms with van der Waals surface area (Å²) in [5.41, 5.74) is 1.55. The molecule has 1 heterocycles. The number of rotatable bonds is 7. The first-order chi connectivity index (χ1) is 12.0. The largest absolute Gasteiger partial charge is 0.482 e. The van der Waals surface area contributed by atoms with Crippen molar-refractivity contribution in [3.63, 3.8) is 0 Å². The van der Waals surface area contributed by atoms with Gasteiger partial charge in [-0.2, -0.15) is 5.26 Å². The number of hydrogen-bond donors (Lipinski definition) is 1. The third-order valence-electron chi connectivity index (χ3n) is 3.31. The fourth-order valence-corrected chi connectivity index (χ4v) is 2.69. The van der Waals surface area contributed by atoms with E-state index in [-0.39, 0.29) is 6.61 Å². The first-order valence-corrected chi connectivity index (χ1v) is 8.53. The predicted molar refractivity (Wildman–Crippen MR) is 94.6 cm³/mol. The van der Waals surface area contributed by atoms with Crippen molar-refractivity contribution in [2.45, 2.75) is 19.8 Å². The van der Waals surface area contributed by atoms with Gasteiger partial charge < -0.3 is 14.8 Å². The summed E-state index contributed by atoms with van der Waals surface area (Å²) in [6, 6.07) is 11.0. The van der Waals surface area contributed by atoms with Crippen molar-refractivity contribution >= 4 is 28.2 Å². The van der Waals surface area contributed by atoms with Crippen LogP contribution < -0.4 is 10.1 Å². The van der Waals surface area contributed by atoms with Gasteiger partial charge in [-0.05, 0) is 35.1 Å². The van der Waals surface area contributed by atoms with Crippen molar-refractivity contribution in [1.29, 1.82) is 5.26 Å². The van der Waals surface area contributed by atoms with Crippen molar-refractivity contribution in [2.75, 3.05) is 18.5 Å². The van der Waals surface area contributed by atoms with Gasteiger partial charge in [-0.25, -0.2) is 4.79 Å². The lowest BCUT2D eigenvalue weighted by molar-refractivity contribution is -0.149. The fourth-order valence-electron chi connectivity index (χ4n) is 1.94. The Kier molecular flexibility index (Phi) is 6.54. The van der Waals surface area contributed by atoms with Crippen LogP contribution in [0, 0.1) is 11.3 Å². The van der Waals surface area contributed by atoms with Crippen molar-refractivity contribution in [2.24, 2.45) is 0 Å². The molecule has 130 valence electrons. The van der Waals surface area contributed by atoms with Gasteiger partial charge in [-0.15, -0.1) is 11.3 Å². The first kappa shape index (κ1) is 18.5. The molecule has 0 saturated heterocycles. The number of esters is 1. The van der Waals surface area contributed by atoms with Crippen molar-refractivity contribution < 1.29 is 19.1 Å². The lowest BCUT2D eigenvalue weighted by Gasteiger charge is -2.09. The minimum Gasteiger partial charge on any atom is -0.482 e. The molecular weight excluding hydrogens is 340 g/mol. The molecule has 0 radical (unpaired) electrons. The fraction of sp³-hybridized carbons (Fsp3) is 0.278. The van der Waals surface area contributed by atoms with E-state index in [0.29, 0.717) is 22.2 Å². The van der Waals surface area contributed by atoms with Gasteiger partial charge in [0, 0.05) is 0 Å². The van der Waals surface area contributed by atoms with E-state index in [1.54, 1.807) is 23.6 Å². The van der Waals surface area contributed by atoms with Gasteiger partial charge in [0.2, 0.25) is 0 Å². The van der Waals surface area contributed by atoms with Crippen LogP contribution in [0.15, 0.2) is 35.7 Å². The van der Waals surface area contributed by atoms with Gasteiger partial charge in [0.25, 0.3) is 5.91 Å². The van der Waals surface area contributed by atoms with E-state index < -0.39 is 18.5 Å². The molecule has 0 spiro atoms. The summed E-state index contributed by atoms with van der Waals surface area (Å²) in [7, 11) is 0. The van der Waals surface area contributed by atoms with Crippen LogP contribution in [0.25, 0.3) is 0 Å². The Labute approximate surface area is 150 Å². The maximum Gasteiger partial charge on any atom is 0.344 e. The molecule has 0 aliphatic rings. The molecule has 6 nitrogen and oxygen atoms in total. The van der Waals surface area contributed by atoms with E-state index >= 15 is 0 Å². The highest BCUT2D eigenvalue weighted by Crippen LogP contribution is 2.22. The van der Waals surface area contributed by atoms with Crippen LogP contribution in [0.1, 0.15) is 30.9 Å². The molecule has 2 aromatic rings. The maximum absolute atomic E-state index is 11.7. The Morgan fingerprint density at radius 1 is 1.20 bits per heavy atom. The van der Waals surface area contributed by atoms with E-state index in [2.05, 4.69) is 19.2 Å². The zero-order valence-electron chi connectivity index (χ0n) is 13.9. The summed E-state index contributed by atoms with van der Waals surface area (Å²) < 4.78 is 10.2. The van der Waals surface area contributed by atoms with E-state index in [1.165, 1.54) is 16.9 Å². The molecular formula is C18H18N2O4S. The highest BCUT2D eigenvalue weighted by atomic mass is 32.1. The van der Waals surface area contributed by atoms with Gasteiger partial charge in [0.1, 0.15) is 16.8 Å². The summed E-state index contributed by atoms with van der Waals surface area (Å²) in [6.07, 6.45) is 0. The number of benzene rings is 1. The molecule has 0 fully saturated rings. The summed E-state index contributed by atoms with van der Waals surface area (Å²) >= 11 is 1.23. The van der Waals surface area contributed by atoms with Crippen molar-refractivity contribution in [3.8, 4) is 11.8 Å². The van der Waals surface area contributed by atoms with Gasteiger partial charge in [-0.3, -0.25) is 4.79 Å². The highest BCUT2D eigenvalue weighted by molar-refractivity contribution is 7.14. The number of thiophene rings is 1. The van der Waals surface area contributed by atoms with Crippen LogP contribution in [-0.4, -0.2) is 25.1 Å². The number of carbonyl (C=O) groups excluding carboxylic acids is 2. The second-order valence-corrected chi connectivity index (χ2v) is 6.41. The van der Waals surface area contributed by atoms with Gasteiger partial charge >= 0.3 is 5.97 Å². The maximum atomic E-state index is 11.7. The molecule has 1 aromatic carbocycles. The third kappa shape index (κ3) is 5.62. The van der Waals surface area contributed by atoms with Crippen LogP contribution in [0.5, 0.6) is 5.75 Å². The number of carbonyl (C=O) groups is 2. The number of anilines is 1. The van der Waals surface area contributed by atoms with Crippen LogP contribution >= 0.6 is 11.3 Å². The highest BCUT2D eigenvalue weighted by Gasteiger charge is 2.11. The molecule has 0 bridgehead atoms. The molecule has 1 amide bonds.